The zero-order valence-corrected chi connectivity index (χ0v) is 7.57. The van der Waals surface area contributed by atoms with E-state index in [2.05, 4.69) is 6.92 Å². The highest BCUT2D eigenvalue weighted by atomic mass is 16.5. The van der Waals surface area contributed by atoms with Crippen LogP contribution in [0.15, 0.2) is 0 Å². The summed E-state index contributed by atoms with van der Waals surface area (Å²) in [4.78, 5) is 0. The van der Waals surface area contributed by atoms with Gasteiger partial charge in [-0.1, -0.05) is 6.92 Å². The van der Waals surface area contributed by atoms with Gasteiger partial charge in [-0.2, -0.15) is 0 Å². The Balaban J connectivity index is 2.34. The molecule has 1 aliphatic rings. The minimum atomic E-state index is -0.695. The maximum atomic E-state index is 9.32. The second-order valence-corrected chi connectivity index (χ2v) is 3.39. The van der Waals surface area contributed by atoms with Gasteiger partial charge < -0.3 is 14.9 Å². The number of hydrogen-bond donors (Lipinski definition) is 2. The van der Waals surface area contributed by atoms with Crippen LogP contribution in [0.4, 0.5) is 0 Å². The van der Waals surface area contributed by atoms with E-state index in [1.807, 2.05) is 0 Å². The second-order valence-electron chi connectivity index (χ2n) is 3.39. The lowest BCUT2D eigenvalue weighted by Gasteiger charge is -2.31. The van der Waals surface area contributed by atoms with Crippen molar-refractivity contribution in [3.63, 3.8) is 0 Å². The van der Waals surface area contributed by atoms with Crippen LogP contribution in [0.5, 0.6) is 0 Å². The van der Waals surface area contributed by atoms with Gasteiger partial charge in [0.2, 0.25) is 0 Å². The third-order valence-corrected chi connectivity index (χ3v) is 2.45. The van der Waals surface area contributed by atoms with E-state index in [9.17, 15) is 5.11 Å². The van der Waals surface area contributed by atoms with Crippen LogP contribution in [0.3, 0.4) is 0 Å². The Morgan fingerprint density at radius 1 is 1.50 bits per heavy atom. The summed E-state index contributed by atoms with van der Waals surface area (Å²) in [6.07, 6.45) is 3.50. The van der Waals surface area contributed by atoms with Gasteiger partial charge in [-0.25, -0.2) is 0 Å². The highest BCUT2D eigenvalue weighted by Gasteiger charge is 2.26. The number of aliphatic hydroxyl groups is 2. The molecule has 0 aromatic rings. The van der Waals surface area contributed by atoms with Crippen LogP contribution in [0.2, 0.25) is 0 Å². The molecule has 72 valence electrons. The zero-order valence-electron chi connectivity index (χ0n) is 7.57. The van der Waals surface area contributed by atoms with E-state index >= 15 is 0 Å². The van der Waals surface area contributed by atoms with Crippen molar-refractivity contribution < 1.29 is 14.9 Å². The van der Waals surface area contributed by atoms with E-state index < -0.39 is 6.10 Å². The summed E-state index contributed by atoms with van der Waals surface area (Å²) in [7, 11) is 0. The van der Waals surface area contributed by atoms with E-state index in [1.165, 1.54) is 0 Å². The summed E-state index contributed by atoms with van der Waals surface area (Å²) in [5.41, 5.74) is 0. The molecule has 1 fully saturated rings. The fourth-order valence-corrected chi connectivity index (χ4v) is 1.63. The molecule has 3 atom stereocenters. The average Bonchev–Trinajstić information content (AvgIpc) is 2.17. The topological polar surface area (TPSA) is 49.7 Å². The lowest BCUT2D eigenvalue weighted by atomic mass is 9.99. The predicted octanol–water partition coefficient (Wildman–Crippen LogP) is 0.687. The third kappa shape index (κ3) is 2.44. The van der Waals surface area contributed by atoms with Crippen LogP contribution in [0.25, 0.3) is 0 Å². The fraction of sp³-hybridized carbons (Fsp3) is 1.00. The van der Waals surface area contributed by atoms with Gasteiger partial charge in [0.1, 0.15) is 6.10 Å². The molecule has 0 aromatic heterocycles. The van der Waals surface area contributed by atoms with E-state index in [0.29, 0.717) is 0 Å². The van der Waals surface area contributed by atoms with Crippen molar-refractivity contribution in [1.29, 1.82) is 0 Å². The molecular formula is C9H18O3. The maximum absolute atomic E-state index is 9.32. The summed E-state index contributed by atoms with van der Waals surface area (Å²) in [6, 6.07) is 0. The van der Waals surface area contributed by atoms with Crippen LogP contribution in [-0.4, -0.2) is 35.1 Å². The summed E-state index contributed by atoms with van der Waals surface area (Å²) in [5, 5.41) is 18.0. The molecular weight excluding hydrogens is 156 g/mol. The van der Waals surface area contributed by atoms with Crippen LogP contribution < -0.4 is 0 Å². The van der Waals surface area contributed by atoms with Crippen molar-refractivity contribution in [3.8, 4) is 0 Å². The van der Waals surface area contributed by atoms with Crippen LogP contribution >= 0.6 is 0 Å². The first-order valence-corrected chi connectivity index (χ1v) is 4.72. The lowest BCUT2D eigenvalue weighted by Crippen LogP contribution is -2.38. The Kier molecular flexibility index (Phi) is 3.98. The van der Waals surface area contributed by atoms with Crippen LogP contribution in [-0.2, 0) is 4.74 Å². The van der Waals surface area contributed by atoms with Crippen LogP contribution in [0, 0.1) is 0 Å². The number of aliphatic hydroxyl groups excluding tert-OH is 2. The minimum absolute atomic E-state index is 0.145. The van der Waals surface area contributed by atoms with E-state index in [-0.39, 0.29) is 18.8 Å². The van der Waals surface area contributed by atoms with Crippen LogP contribution in [0.1, 0.15) is 32.6 Å². The first-order valence-electron chi connectivity index (χ1n) is 4.72. The molecule has 1 saturated heterocycles. The molecule has 1 aliphatic heterocycles. The Morgan fingerprint density at radius 3 is 2.83 bits per heavy atom. The first-order chi connectivity index (χ1) is 5.77. The maximum Gasteiger partial charge on any atom is 0.103 e. The van der Waals surface area contributed by atoms with Gasteiger partial charge in [-0.15, -0.1) is 0 Å². The largest absolute Gasteiger partial charge is 0.394 e. The quantitative estimate of drug-likeness (QED) is 0.661. The molecule has 0 aromatic carbocycles. The highest BCUT2D eigenvalue weighted by Crippen LogP contribution is 2.22. The summed E-state index contributed by atoms with van der Waals surface area (Å²) >= 11 is 0. The number of rotatable bonds is 3. The average molecular weight is 174 g/mol. The van der Waals surface area contributed by atoms with Gasteiger partial charge in [0, 0.05) is 0 Å². The lowest BCUT2D eigenvalue weighted by molar-refractivity contribution is -0.116. The van der Waals surface area contributed by atoms with Crippen molar-refractivity contribution in [3.05, 3.63) is 0 Å². The summed E-state index contributed by atoms with van der Waals surface area (Å²) in [5.74, 6) is 0. The molecule has 12 heavy (non-hydrogen) atoms. The molecule has 0 spiro atoms. The Hall–Kier alpha value is -0.120. The zero-order chi connectivity index (χ0) is 8.97. The molecule has 0 saturated carbocycles. The van der Waals surface area contributed by atoms with Gasteiger partial charge in [-0.3, -0.25) is 0 Å². The second kappa shape index (κ2) is 4.80. The summed E-state index contributed by atoms with van der Waals surface area (Å²) in [6.45, 7) is 1.89. The molecule has 3 nitrogen and oxygen atoms in total. The number of hydrogen-bond acceptors (Lipinski definition) is 3. The Bertz CT molecular complexity index is 125. The van der Waals surface area contributed by atoms with E-state index in [1.54, 1.807) is 0 Å². The smallest absolute Gasteiger partial charge is 0.103 e. The van der Waals surface area contributed by atoms with Gasteiger partial charge in [-0.05, 0) is 25.7 Å². The van der Waals surface area contributed by atoms with Crippen molar-refractivity contribution in [2.24, 2.45) is 0 Å². The fourth-order valence-electron chi connectivity index (χ4n) is 1.63. The molecule has 3 unspecified atom stereocenters. The minimum Gasteiger partial charge on any atom is -0.394 e. The van der Waals surface area contributed by atoms with Crippen molar-refractivity contribution in [1.82, 2.24) is 0 Å². The number of ether oxygens (including phenoxy) is 1. The Labute approximate surface area is 73.4 Å². The SMILES string of the molecule is CCC1CCCC(C(O)CO)O1. The van der Waals surface area contributed by atoms with E-state index in [4.69, 9.17) is 9.84 Å². The van der Waals surface area contributed by atoms with Crippen molar-refractivity contribution in [2.45, 2.75) is 50.9 Å². The highest BCUT2D eigenvalue weighted by molar-refractivity contribution is 4.75. The van der Waals surface area contributed by atoms with Gasteiger partial charge in [0.25, 0.3) is 0 Å². The monoisotopic (exact) mass is 174 g/mol. The molecule has 1 heterocycles. The standard InChI is InChI=1S/C9H18O3/c1-2-7-4-3-5-9(12-7)8(11)6-10/h7-11H,2-6H2,1H3. The first kappa shape index (κ1) is 9.96. The van der Waals surface area contributed by atoms with Gasteiger partial charge in [0.15, 0.2) is 0 Å². The Morgan fingerprint density at radius 2 is 2.25 bits per heavy atom. The van der Waals surface area contributed by atoms with Gasteiger partial charge in [0.05, 0.1) is 18.8 Å². The predicted molar refractivity (Wildman–Crippen MR) is 45.9 cm³/mol. The molecule has 0 bridgehead atoms. The van der Waals surface area contributed by atoms with Gasteiger partial charge >= 0.3 is 0 Å². The molecule has 0 aliphatic carbocycles. The summed E-state index contributed by atoms with van der Waals surface area (Å²) < 4.78 is 5.58. The molecule has 3 heteroatoms. The third-order valence-electron chi connectivity index (χ3n) is 2.45. The molecule has 0 amide bonds. The van der Waals surface area contributed by atoms with Crippen molar-refractivity contribution >= 4 is 0 Å². The molecule has 2 N–H and O–H groups in total. The molecule has 1 rings (SSSR count). The van der Waals surface area contributed by atoms with E-state index in [0.717, 1.165) is 25.7 Å². The molecule has 0 radical (unpaired) electrons. The van der Waals surface area contributed by atoms with Crippen molar-refractivity contribution in [2.75, 3.05) is 6.61 Å². The normalized spacial score (nSPS) is 33.2.